The van der Waals surface area contributed by atoms with Crippen molar-refractivity contribution in [2.24, 2.45) is 0 Å². The molecule has 0 saturated heterocycles. The Kier molecular flexibility index (Phi) is 5.76. The summed E-state index contributed by atoms with van der Waals surface area (Å²) in [6.45, 7) is 4.39. The van der Waals surface area contributed by atoms with Gasteiger partial charge in [0.1, 0.15) is 13.2 Å². The number of methoxy groups -OCH3 is 1. The van der Waals surface area contributed by atoms with Crippen molar-refractivity contribution in [1.29, 1.82) is 0 Å². The van der Waals surface area contributed by atoms with Gasteiger partial charge in [-0.1, -0.05) is 18.5 Å². The molecule has 0 aromatic heterocycles. The zero-order valence-corrected chi connectivity index (χ0v) is 15.2. The Labute approximate surface area is 152 Å². The number of hydrogen-bond donors (Lipinski definition) is 1. The first-order valence-electron chi connectivity index (χ1n) is 8.34. The predicted molar refractivity (Wildman–Crippen MR) is 98.5 cm³/mol. The number of halogens is 1. The molecule has 0 fully saturated rings. The van der Waals surface area contributed by atoms with E-state index in [0.717, 1.165) is 29.2 Å². The van der Waals surface area contributed by atoms with Crippen molar-refractivity contribution < 1.29 is 18.9 Å². The second-order valence-electron chi connectivity index (χ2n) is 5.65. The quantitative estimate of drug-likeness (QED) is 0.783. The van der Waals surface area contributed by atoms with Gasteiger partial charge in [-0.15, -0.1) is 0 Å². The topological polar surface area (TPSA) is 49.0 Å². The molecule has 0 bridgehead atoms. The van der Waals surface area contributed by atoms with Gasteiger partial charge in [-0.25, -0.2) is 0 Å². The molecular weight excluding hydrogens is 342 g/mol. The number of nitrogens with one attached hydrogen (secondary N) is 1. The average molecular weight is 364 g/mol. The number of anilines is 1. The summed E-state index contributed by atoms with van der Waals surface area (Å²) in [6, 6.07) is 9.49. The van der Waals surface area contributed by atoms with Crippen LogP contribution in [0.4, 0.5) is 5.69 Å². The zero-order valence-electron chi connectivity index (χ0n) is 14.4. The Balaban J connectivity index is 1.72. The summed E-state index contributed by atoms with van der Waals surface area (Å²) in [4.78, 5) is 0. The van der Waals surface area contributed by atoms with Crippen molar-refractivity contribution in [3.63, 3.8) is 0 Å². The average Bonchev–Trinajstić information content (AvgIpc) is 2.65. The van der Waals surface area contributed by atoms with Gasteiger partial charge in [0.15, 0.2) is 23.0 Å². The van der Waals surface area contributed by atoms with E-state index in [0.29, 0.717) is 42.9 Å². The van der Waals surface area contributed by atoms with Crippen molar-refractivity contribution in [1.82, 2.24) is 0 Å². The zero-order chi connectivity index (χ0) is 17.6. The Morgan fingerprint density at radius 3 is 2.64 bits per heavy atom. The molecule has 1 aliphatic heterocycles. The van der Waals surface area contributed by atoms with Gasteiger partial charge in [0.25, 0.3) is 0 Å². The van der Waals surface area contributed by atoms with Gasteiger partial charge in [0.05, 0.1) is 13.7 Å². The van der Waals surface area contributed by atoms with E-state index in [1.54, 1.807) is 13.2 Å². The highest BCUT2D eigenvalue weighted by Gasteiger charge is 2.13. The SMILES string of the molecule is CCCOc1cc(Cl)c(CNc2ccc3c(c2)OCCO3)cc1OC. The number of hydrogen-bond acceptors (Lipinski definition) is 5. The Bertz CT molecular complexity index is 736. The van der Waals surface area contributed by atoms with Crippen LogP contribution in [0.3, 0.4) is 0 Å². The molecule has 5 nitrogen and oxygen atoms in total. The minimum absolute atomic E-state index is 0.558. The first-order valence-corrected chi connectivity index (χ1v) is 8.71. The molecule has 0 atom stereocenters. The molecule has 0 amide bonds. The van der Waals surface area contributed by atoms with E-state index in [1.165, 1.54) is 0 Å². The smallest absolute Gasteiger partial charge is 0.163 e. The summed E-state index contributed by atoms with van der Waals surface area (Å²) in [6.07, 6.45) is 0.925. The molecule has 25 heavy (non-hydrogen) atoms. The van der Waals surface area contributed by atoms with Crippen LogP contribution in [0.2, 0.25) is 5.02 Å². The number of ether oxygens (including phenoxy) is 4. The monoisotopic (exact) mass is 363 g/mol. The van der Waals surface area contributed by atoms with Gasteiger partial charge in [-0.3, -0.25) is 0 Å². The molecular formula is C19H22ClNO4. The van der Waals surface area contributed by atoms with Crippen molar-refractivity contribution in [2.75, 3.05) is 32.2 Å². The maximum absolute atomic E-state index is 6.40. The summed E-state index contributed by atoms with van der Waals surface area (Å²) < 4.78 is 22.2. The highest BCUT2D eigenvalue weighted by molar-refractivity contribution is 6.31. The van der Waals surface area contributed by atoms with Crippen LogP contribution in [-0.4, -0.2) is 26.9 Å². The lowest BCUT2D eigenvalue weighted by atomic mass is 10.2. The van der Waals surface area contributed by atoms with Crippen LogP contribution in [0.15, 0.2) is 30.3 Å². The summed E-state index contributed by atoms with van der Waals surface area (Å²) in [5, 5.41) is 3.99. The molecule has 134 valence electrons. The van der Waals surface area contributed by atoms with Crippen molar-refractivity contribution in [2.45, 2.75) is 19.9 Å². The second kappa shape index (κ2) is 8.21. The van der Waals surface area contributed by atoms with Crippen LogP contribution in [0, 0.1) is 0 Å². The Morgan fingerprint density at radius 1 is 1.08 bits per heavy atom. The molecule has 2 aromatic carbocycles. The maximum atomic E-state index is 6.40. The molecule has 1 heterocycles. The molecule has 6 heteroatoms. The lowest BCUT2D eigenvalue weighted by Gasteiger charge is -2.19. The molecule has 0 spiro atoms. The molecule has 1 N–H and O–H groups in total. The second-order valence-corrected chi connectivity index (χ2v) is 6.06. The van der Waals surface area contributed by atoms with Crippen LogP contribution in [0.25, 0.3) is 0 Å². The Morgan fingerprint density at radius 2 is 1.88 bits per heavy atom. The highest BCUT2D eigenvalue weighted by Crippen LogP contribution is 2.35. The number of fused-ring (bicyclic) bond motifs is 1. The van der Waals surface area contributed by atoms with E-state index in [-0.39, 0.29) is 0 Å². The minimum atomic E-state index is 0.558. The van der Waals surface area contributed by atoms with Gasteiger partial charge in [-0.2, -0.15) is 0 Å². The number of benzene rings is 2. The van der Waals surface area contributed by atoms with Gasteiger partial charge in [0, 0.05) is 29.4 Å². The lowest BCUT2D eigenvalue weighted by molar-refractivity contribution is 0.171. The summed E-state index contributed by atoms with van der Waals surface area (Å²) in [5.41, 5.74) is 1.86. The summed E-state index contributed by atoms with van der Waals surface area (Å²) in [5.74, 6) is 2.87. The molecule has 0 saturated carbocycles. The van der Waals surface area contributed by atoms with E-state index in [4.69, 9.17) is 30.5 Å². The van der Waals surface area contributed by atoms with Gasteiger partial charge in [0.2, 0.25) is 0 Å². The third kappa shape index (κ3) is 4.23. The molecule has 0 radical (unpaired) electrons. The van der Waals surface area contributed by atoms with Gasteiger partial charge < -0.3 is 24.3 Å². The largest absolute Gasteiger partial charge is 0.493 e. The standard InChI is InChI=1S/C19H22ClNO4/c1-3-6-23-19-11-15(20)13(9-17(19)22-2)12-21-14-4-5-16-18(10-14)25-8-7-24-16/h4-5,9-11,21H,3,6-8,12H2,1-2H3. The van der Waals surface area contributed by atoms with Crippen LogP contribution < -0.4 is 24.3 Å². The fraction of sp³-hybridized carbons (Fsp3) is 0.368. The van der Waals surface area contributed by atoms with E-state index >= 15 is 0 Å². The van der Waals surface area contributed by atoms with Crippen LogP contribution in [-0.2, 0) is 6.54 Å². The molecule has 1 aliphatic rings. The van der Waals surface area contributed by atoms with Crippen LogP contribution in [0.5, 0.6) is 23.0 Å². The third-order valence-electron chi connectivity index (χ3n) is 3.82. The molecule has 0 unspecified atom stereocenters. The van der Waals surface area contributed by atoms with E-state index in [2.05, 4.69) is 12.2 Å². The minimum Gasteiger partial charge on any atom is -0.493 e. The molecule has 3 rings (SSSR count). The van der Waals surface area contributed by atoms with Crippen LogP contribution >= 0.6 is 11.6 Å². The van der Waals surface area contributed by atoms with E-state index < -0.39 is 0 Å². The third-order valence-corrected chi connectivity index (χ3v) is 4.17. The van der Waals surface area contributed by atoms with E-state index in [9.17, 15) is 0 Å². The van der Waals surface area contributed by atoms with Gasteiger partial charge in [-0.05, 0) is 30.2 Å². The molecule has 0 aliphatic carbocycles. The highest BCUT2D eigenvalue weighted by atomic mass is 35.5. The summed E-state index contributed by atoms with van der Waals surface area (Å²) >= 11 is 6.40. The van der Waals surface area contributed by atoms with Crippen LogP contribution in [0.1, 0.15) is 18.9 Å². The normalized spacial score (nSPS) is 12.6. The molecule has 2 aromatic rings. The predicted octanol–water partition coefficient (Wildman–Crippen LogP) is 4.52. The number of rotatable bonds is 7. The van der Waals surface area contributed by atoms with E-state index in [1.807, 2.05) is 24.3 Å². The van der Waals surface area contributed by atoms with Crippen molar-refractivity contribution >= 4 is 17.3 Å². The first kappa shape index (κ1) is 17.5. The fourth-order valence-corrected chi connectivity index (χ4v) is 2.77. The Hall–Kier alpha value is -2.27. The van der Waals surface area contributed by atoms with Crippen molar-refractivity contribution in [3.05, 3.63) is 40.9 Å². The summed E-state index contributed by atoms with van der Waals surface area (Å²) in [7, 11) is 1.63. The fourth-order valence-electron chi connectivity index (χ4n) is 2.55. The lowest BCUT2D eigenvalue weighted by Crippen LogP contribution is -2.15. The first-order chi connectivity index (χ1) is 12.2. The van der Waals surface area contributed by atoms with Gasteiger partial charge >= 0.3 is 0 Å². The maximum Gasteiger partial charge on any atom is 0.163 e. The van der Waals surface area contributed by atoms with Crippen molar-refractivity contribution in [3.8, 4) is 23.0 Å².